The largest absolute Gasteiger partial charge is 0.465 e. The first-order valence-corrected chi connectivity index (χ1v) is 9.41. The smallest absolute Gasteiger partial charge is 0.337 e. The second-order valence-corrected chi connectivity index (χ2v) is 7.25. The minimum atomic E-state index is -0.570. The maximum atomic E-state index is 13.3. The summed E-state index contributed by atoms with van der Waals surface area (Å²) in [5.74, 6) is -0.285. The highest BCUT2D eigenvalue weighted by Crippen LogP contribution is 2.36. The molecule has 0 aliphatic rings. The zero-order valence-corrected chi connectivity index (χ0v) is 16.4. The number of hydrogen-bond donors (Lipinski definition) is 0. The molecule has 0 radical (unpaired) electrons. The summed E-state index contributed by atoms with van der Waals surface area (Å²) in [5.41, 5.74) is 1.66. The van der Waals surface area contributed by atoms with E-state index in [2.05, 4.69) is 14.9 Å². The summed E-state index contributed by atoms with van der Waals surface area (Å²) >= 11 is 1.17. The van der Waals surface area contributed by atoms with Gasteiger partial charge in [-0.25, -0.2) is 9.18 Å². The Labute approximate surface area is 169 Å². The molecule has 0 saturated heterocycles. The number of benzene rings is 2. The van der Waals surface area contributed by atoms with Crippen LogP contribution in [0.25, 0.3) is 5.69 Å². The molecule has 0 unspecified atom stereocenters. The van der Waals surface area contributed by atoms with Crippen molar-refractivity contribution in [2.45, 2.75) is 17.3 Å². The molecule has 10 heteroatoms. The van der Waals surface area contributed by atoms with E-state index in [0.29, 0.717) is 27.8 Å². The summed E-state index contributed by atoms with van der Waals surface area (Å²) in [4.78, 5) is 22.4. The fraction of sp³-hybridized carbons (Fsp3) is 0.211. The lowest BCUT2D eigenvalue weighted by Crippen LogP contribution is -2.11. The van der Waals surface area contributed by atoms with Crippen molar-refractivity contribution in [3.8, 4) is 5.69 Å². The number of nitro groups is 1. The van der Waals surface area contributed by atoms with Crippen molar-refractivity contribution in [3.63, 3.8) is 0 Å². The normalized spacial score (nSPS) is 11.8. The van der Waals surface area contributed by atoms with Crippen LogP contribution in [0.3, 0.4) is 0 Å². The van der Waals surface area contributed by atoms with Crippen molar-refractivity contribution in [2.24, 2.45) is 0 Å². The molecule has 3 rings (SSSR count). The van der Waals surface area contributed by atoms with Gasteiger partial charge in [-0.15, -0.1) is 10.2 Å². The molecular formula is C19H17FN4O4S. The first-order chi connectivity index (χ1) is 13.9. The summed E-state index contributed by atoms with van der Waals surface area (Å²) < 4.78 is 19.6. The van der Waals surface area contributed by atoms with E-state index in [1.54, 1.807) is 47.9 Å². The fourth-order valence-electron chi connectivity index (χ4n) is 2.73. The highest BCUT2D eigenvalue weighted by atomic mass is 32.2. The Morgan fingerprint density at radius 3 is 2.45 bits per heavy atom. The van der Waals surface area contributed by atoms with Gasteiger partial charge in [0.2, 0.25) is 6.54 Å². The molecule has 0 bridgehead atoms. The predicted molar refractivity (Wildman–Crippen MR) is 104 cm³/mol. The lowest BCUT2D eigenvalue weighted by Gasteiger charge is -2.14. The minimum Gasteiger partial charge on any atom is -0.465 e. The summed E-state index contributed by atoms with van der Waals surface area (Å²) in [6, 6.07) is 12.2. The molecule has 8 nitrogen and oxygen atoms in total. The van der Waals surface area contributed by atoms with Crippen molar-refractivity contribution in [3.05, 3.63) is 81.4 Å². The van der Waals surface area contributed by atoms with Crippen LogP contribution in [0.4, 0.5) is 4.39 Å². The van der Waals surface area contributed by atoms with Crippen LogP contribution >= 0.6 is 11.8 Å². The van der Waals surface area contributed by atoms with Crippen molar-refractivity contribution in [1.82, 2.24) is 14.8 Å². The Morgan fingerprint density at radius 1 is 1.21 bits per heavy atom. The molecule has 2 aromatic carbocycles. The van der Waals surface area contributed by atoms with Crippen LogP contribution < -0.4 is 0 Å². The molecule has 0 fully saturated rings. The summed E-state index contributed by atoms with van der Waals surface area (Å²) in [6.07, 6.45) is 0. The van der Waals surface area contributed by atoms with E-state index >= 15 is 0 Å². The molecule has 1 atom stereocenters. The third-order valence-corrected chi connectivity index (χ3v) is 5.33. The quantitative estimate of drug-likeness (QED) is 0.251. The van der Waals surface area contributed by atoms with Crippen LogP contribution in [0, 0.1) is 22.9 Å². The molecule has 0 N–H and O–H groups in total. The van der Waals surface area contributed by atoms with Gasteiger partial charge < -0.3 is 4.74 Å². The maximum absolute atomic E-state index is 13.3. The van der Waals surface area contributed by atoms with Gasteiger partial charge in [0.25, 0.3) is 0 Å². The number of aryl methyl sites for hydroxylation is 1. The zero-order valence-electron chi connectivity index (χ0n) is 15.6. The van der Waals surface area contributed by atoms with Gasteiger partial charge in [-0.3, -0.25) is 14.7 Å². The molecule has 0 amide bonds. The van der Waals surface area contributed by atoms with Gasteiger partial charge in [0.05, 0.1) is 12.7 Å². The molecule has 0 saturated carbocycles. The van der Waals surface area contributed by atoms with Crippen LogP contribution in [0.15, 0.2) is 53.7 Å². The topological polar surface area (TPSA) is 100 Å². The maximum Gasteiger partial charge on any atom is 0.337 e. The highest BCUT2D eigenvalue weighted by molar-refractivity contribution is 7.99. The lowest BCUT2D eigenvalue weighted by molar-refractivity contribution is -0.479. The highest BCUT2D eigenvalue weighted by Gasteiger charge is 2.24. The van der Waals surface area contributed by atoms with E-state index in [1.165, 1.54) is 31.0 Å². The fourth-order valence-corrected chi connectivity index (χ4v) is 3.91. The van der Waals surface area contributed by atoms with E-state index in [-0.39, 0.29) is 12.4 Å². The number of carbonyl (C=O) groups is 1. The molecule has 0 spiro atoms. The van der Waals surface area contributed by atoms with Gasteiger partial charge in [-0.2, -0.15) is 0 Å². The van der Waals surface area contributed by atoms with Gasteiger partial charge in [0, 0.05) is 10.6 Å². The molecule has 29 heavy (non-hydrogen) atoms. The molecule has 0 aliphatic heterocycles. The number of esters is 1. The second-order valence-electron chi connectivity index (χ2n) is 6.08. The van der Waals surface area contributed by atoms with E-state index in [0.717, 1.165) is 0 Å². The summed E-state index contributed by atoms with van der Waals surface area (Å²) in [5, 5.41) is 19.3. The minimum absolute atomic E-state index is 0.350. The van der Waals surface area contributed by atoms with Crippen LogP contribution in [-0.4, -0.2) is 39.3 Å². The summed E-state index contributed by atoms with van der Waals surface area (Å²) in [7, 11) is 1.28. The molecule has 3 aromatic rings. The van der Waals surface area contributed by atoms with E-state index in [9.17, 15) is 19.3 Å². The third-order valence-electron chi connectivity index (χ3n) is 4.15. The number of thioether (sulfide) groups is 1. The van der Waals surface area contributed by atoms with Gasteiger partial charge >= 0.3 is 5.97 Å². The lowest BCUT2D eigenvalue weighted by atomic mass is 10.1. The first-order valence-electron chi connectivity index (χ1n) is 8.53. The monoisotopic (exact) mass is 416 g/mol. The predicted octanol–water partition coefficient (Wildman–Crippen LogP) is 3.61. The Hall–Kier alpha value is -3.27. The molecule has 1 heterocycles. The Morgan fingerprint density at radius 2 is 1.86 bits per heavy atom. The van der Waals surface area contributed by atoms with Crippen molar-refractivity contribution in [1.29, 1.82) is 0 Å². The van der Waals surface area contributed by atoms with E-state index < -0.39 is 16.1 Å². The second kappa shape index (κ2) is 8.82. The Balaban J connectivity index is 1.93. The SMILES string of the molecule is COC(=O)c1ccc([C@@H](C[N+](=O)[O-])Sc2nnc(C)n2-c2ccc(F)cc2)cc1. The van der Waals surface area contributed by atoms with Crippen LogP contribution in [0.1, 0.15) is 27.0 Å². The third kappa shape index (κ3) is 4.77. The number of ether oxygens (including phenoxy) is 1. The molecule has 150 valence electrons. The van der Waals surface area contributed by atoms with Crippen LogP contribution in [0.5, 0.6) is 0 Å². The first kappa shape index (κ1) is 20.5. The Bertz CT molecular complexity index is 1020. The number of rotatable bonds is 7. The number of aromatic nitrogens is 3. The summed E-state index contributed by atoms with van der Waals surface area (Å²) in [6.45, 7) is 1.39. The Kier molecular flexibility index (Phi) is 6.23. The zero-order chi connectivity index (χ0) is 21.0. The number of hydrogen-bond acceptors (Lipinski definition) is 7. The molecule has 1 aromatic heterocycles. The van der Waals surface area contributed by atoms with Crippen molar-refractivity contribution >= 4 is 17.7 Å². The van der Waals surface area contributed by atoms with Gasteiger partial charge in [-0.05, 0) is 48.9 Å². The molecular weight excluding hydrogens is 399 g/mol. The standard InChI is InChI=1S/C19H17FN4O4S/c1-12-21-22-19(24(12)16-9-7-15(20)8-10-16)29-17(11-23(26)27)13-3-5-14(6-4-13)18(25)28-2/h3-10,17H,11H2,1-2H3/t17-/m1/s1. The number of nitrogens with zero attached hydrogens (tertiary/aromatic N) is 4. The van der Waals surface area contributed by atoms with Crippen LogP contribution in [-0.2, 0) is 4.74 Å². The van der Waals surface area contributed by atoms with Gasteiger partial charge in [-0.1, -0.05) is 23.9 Å². The van der Waals surface area contributed by atoms with Crippen molar-refractivity contribution in [2.75, 3.05) is 13.7 Å². The number of methoxy groups -OCH3 is 1. The average molecular weight is 416 g/mol. The number of halogens is 1. The molecule has 0 aliphatic carbocycles. The van der Waals surface area contributed by atoms with Gasteiger partial charge in [0.15, 0.2) is 5.16 Å². The van der Waals surface area contributed by atoms with Gasteiger partial charge in [0.1, 0.15) is 16.9 Å². The van der Waals surface area contributed by atoms with E-state index in [4.69, 9.17) is 0 Å². The van der Waals surface area contributed by atoms with E-state index in [1.807, 2.05) is 0 Å². The number of carbonyl (C=O) groups excluding carboxylic acids is 1. The van der Waals surface area contributed by atoms with Crippen LogP contribution in [0.2, 0.25) is 0 Å². The average Bonchev–Trinajstić information content (AvgIpc) is 3.07. The van der Waals surface area contributed by atoms with Crippen molar-refractivity contribution < 1.29 is 18.8 Å².